The number of nitrogens with one attached hydrogen (secondary N) is 1. The van der Waals surface area contributed by atoms with E-state index in [-0.39, 0.29) is 5.41 Å². The molecule has 0 aliphatic carbocycles. The van der Waals surface area contributed by atoms with E-state index < -0.39 is 0 Å². The summed E-state index contributed by atoms with van der Waals surface area (Å²) in [5.74, 6) is 0. The van der Waals surface area contributed by atoms with Gasteiger partial charge in [-0.25, -0.2) is 4.98 Å². The van der Waals surface area contributed by atoms with Crippen LogP contribution in [0.3, 0.4) is 0 Å². The molecule has 3 heteroatoms. The Kier molecular flexibility index (Phi) is 3.67. The molecule has 0 aliphatic rings. The molecule has 1 atom stereocenters. The first-order chi connectivity index (χ1) is 6.45. The van der Waals surface area contributed by atoms with Crippen LogP contribution in [0.1, 0.15) is 43.6 Å². The zero-order chi connectivity index (χ0) is 10.8. The van der Waals surface area contributed by atoms with Gasteiger partial charge in [-0.3, -0.25) is 0 Å². The molecular formula is C11H20N2S. The predicted octanol–water partition coefficient (Wildman–Crippen LogP) is 3.15. The molecule has 2 nitrogen and oxygen atoms in total. The summed E-state index contributed by atoms with van der Waals surface area (Å²) in [5.41, 5.74) is 0.245. The molecule has 0 spiro atoms. The first kappa shape index (κ1) is 11.7. The normalized spacial score (nSPS) is 14.4. The van der Waals surface area contributed by atoms with Crippen molar-refractivity contribution in [3.05, 3.63) is 16.1 Å². The maximum Gasteiger partial charge on any atom is 0.0897 e. The molecule has 1 rings (SSSR count). The summed E-state index contributed by atoms with van der Waals surface area (Å²) < 4.78 is 0. The van der Waals surface area contributed by atoms with Gasteiger partial charge in [0.1, 0.15) is 0 Å². The van der Waals surface area contributed by atoms with E-state index in [9.17, 15) is 0 Å². The van der Waals surface area contributed by atoms with Crippen molar-refractivity contribution in [3.63, 3.8) is 0 Å². The number of nitrogens with zero attached hydrogens (tertiary/aromatic N) is 1. The van der Waals surface area contributed by atoms with Gasteiger partial charge in [-0.2, -0.15) is 0 Å². The van der Waals surface area contributed by atoms with Gasteiger partial charge in [0, 0.05) is 17.1 Å². The van der Waals surface area contributed by atoms with Gasteiger partial charge >= 0.3 is 0 Å². The van der Waals surface area contributed by atoms with E-state index in [4.69, 9.17) is 0 Å². The van der Waals surface area contributed by atoms with Crippen molar-refractivity contribution in [2.24, 2.45) is 5.41 Å². The first-order valence-corrected chi connectivity index (χ1v) is 5.92. The van der Waals surface area contributed by atoms with Gasteiger partial charge in [0.25, 0.3) is 0 Å². The fraction of sp³-hybridized carbons (Fsp3) is 0.727. The van der Waals surface area contributed by atoms with E-state index in [1.54, 1.807) is 11.3 Å². The van der Waals surface area contributed by atoms with Crippen LogP contribution in [0, 0.1) is 12.3 Å². The van der Waals surface area contributed by atoms with Crippen LogP contribution in [0.2, 0.25) is 0 Å². The second kappa shape index (κ2) is 4.41. The molecule has 0 bridgehead atoms. The summed E-state index contributed by atoms with van der Waals surface area (Å²) in [4.78, 5) is 5.66. The molecule has 0 aliphatic heterocycles. The van der Waals surface area contributed by atoms with Crippen molar-refractivity contribution >= 4 is 11.3 Å². The Morgan fingerprint density at radius 1 is 1.50 bits per heavy atom. The molecule has 1 aromatic rings. The third-order valence-corrected chi connectivity index (χ3v) is 3.18. The highest BCUT2D eigenvalue weighted by molar-refractivity contribution is 7.11. The first-order valence-electron chi connectivity index (χ1n) is 5.11. The van der Waals surface area contributed by atoms with E-state index in [0.717, 1.165) is 11.6 Å². The van der Waals surface area contributed by atoms with Crippen molar-refractivity contribution in [1.29, 1.82) is 0 Å². The topological polar surface area (TPSA) is 24.9 Å². The minimum Gasteiger partial charge on any atom is -0.309 e. The zero-order valence-electron chi connectivity index (χ0n) is 9.72. The fourth-order valence-corrected chi connectivity index (χ4v) is 2.66. The molecule has 14 heavy (non-hydrogen) atoms. The van der Waals surface area contributed by atoms with Crippen LogP contribution >= 0.6 is 11.3 Å². The molecule has 0 saturated heterocycles. The average molecular weight is 212 g/mol. The van der Waals surface area contributed by atoms with Crippen LogP contribution in [-0.4, -0.2) is 11.5 Å². The number of aryl methyl sites for hydroxylation is 1. The fourth-order valence-electron chi connectivity index (χ4n) is 1.55. The summed E-state index contributed by atoms with van der Waals surface area (Å²) in [7, 11) is 0. The van der Waals surface area contributed by atoms with Crippen molar-refractivity contribution in [3.8, 4) is 0 Å². The van der Waals surface area contributed by atoms with Crippen LogP contribution in [0.5, 0.6) is 0 Å². The molecule has 1 unspecified atom stereocenters. The van der Waals surface area contributed by atoms with Crippen molar-refractivity contribution < 1.29 is 0 Å². The van der Waals surface area contributed by atoms with Gasteiger partial charge in [0.15, 0.2) is 0 Å². The Labute approximate surface area is 90.8 Å². The van der Waals surface area contributed by atoms with Crippen molar-refractivity contribution in [2.75, 3.05) is 6.54 Å². The Bertz CT molecular complexity index is 286. The predicted molar refractivity (Wildman–Crippen MR) is 62.7 cm³/mol. The molecule has 0 fully saturated rings. The lowest BCUT2D eigenvalue weighted by molar-refractivity contribution is 0.280. The molecule has 0 saturated carbocycles. The summed E-state index contributed by atoms with van der Waals surface area (Å²) in [6.45, 7) is 12.0. The summed E-state index contributed by atoms with van der Waals surface area (Å²) >= 11 is 1.79. The maximum atomic E-state index is 4.31. The van der Waals surface area contributed by atoms with Crippen LogP contribution in [0.4, 0.5) is 0 Å². The Morgan fingerprint density at radius 2 is 2.14 bits per heavy atom. The third-order valence-electron chi connectivity index (χ3n) is 2.20. The van der Waals surface area contributed by atoms with E-state index in [2.05, 4.69) is 44.9 Å². The largest absolute Gasteiger partial charge is 0.309 e. The highest BCUT2D eigenvalue weighted by atomic mass is 32.1. The molecule has 0 amide bonds. The summed E-state index contributed by atoms with van der Waals surface area (Å²) in [5, 5.41) is 4.67. The van der Waals surface area contributed by atoms with Gasteiger partial charge < -0.3 is 5.32 Å². The number of thiazole rings is 1. The Balaban J connectivity index is 2.88. The van der Waals surface area contributed by atoms with E-state index >= 15 is 0 Å². The number of hydrogen-bond donors (Lipinski definition) is 1. The number of rotatable bonds is 3. The van der Waals surface area contributed by atoms with E-state index in [0.29, 0.717) is 6.04 Å². The Hall–Kier alpha value is -0.410. The molecule has 0 aromatic carbocycles. The van der Waals surface area contributed by atoms with Crippen molar-refractivity contribution in [1.82, 2.24) is 10.3 Å². The molecule has 1 heterocycles. The summed E-state index contributed by atoms with van der Waals surface area (Å²) in [6, 6.07) is 0.415. The smallest absolute Gasteiger partial charge is 0.0897 e. The van der Waals surface area contributed by atoms with Gasteiger partial charge in [0.05, 0.1) is 5.01 Å². The Morgan fingerprint density at radius 3 is 2.50 bits per heavy atom. The van der Waals surface area contributed by atoms with Crippen LogP contribution < -0.4 is 5.32 Å². The van der Waals surface area contributed by atoms with Gasteiger partial charge in [-0.15, -0.1) is 11.3 Å². The quantitative estimate of drug-likeness (QED) is 0.832. The van der Waals surface area contributed by atoms with E-state index in [1.165, 1.54) is 4.88 Å². The molecule has 1 N–H and O–H groups in total. The van der Waals surface area contributed by atoms with E-state index in [1.807, 2.05) is 6.20 Å². The van der Waals surface area contributed by atoms with Crippen molar-refractivity contribution in [2.45, 2.75) is 40.7 Å². The van der Waals surface area contributed by atoms with Crippen LogP contribution in [-0.2, 0) is 0 Å². The van der Waals surface area contributed by atoms with Gasteiger partial charge in [-0.1, -0.05) is 27.7 Å². The highest BCUT2D eigenvalue weighted by Crippen LogP contribution is 2.35. The molecule has 1 aromatic heterocycles. The third kappa shape index (κ3) is 2.79. The second-order valence-electron chi connectivity index (χ2n) is 4.64. The summed E-state index contributed by atoms with van der Waals surface area (Å²) in [6.07, 6.45) is 2.00. The second-order valence-corrected chi connectivity index (χ2v) is 5.90. The lowest BCUT2D eigenvalue weighted by atomic mass is 9.86. The van der Waals surface area contributed by atoms with Crippen LogP contribution in [0.15, 0.2) is 6.20 Å². The number of aromatic nitrogens is 1. The monoisotopic (exact) mass is 212 g/mol. The standard InChI is InChI=1S/C11H20N2S/c1-6-12-10(11(3,4)5)9-7-13-8(2)14-9/h7,10,12H,6H2,1-5H3. The zero-order valence-corrected chi connectivity index (χ0v) is 10.5. The number of hydrogen-bond acceptors (Lipinski definition) is 3. The van der Waals surface area contributed by atoms with Gasteiger partial charge in [-0.05, 0) is 18.9 Å². The molecule has 0 radical (unpaired) electrons. The molecular weight excluding hydrogens is 192 g/mol. The molecule has 80 valence electrons. The average Bonchev–Trinajstić information content (AvgIpc) is 2.45. The minimum absolute atomic E-state index is 0.245. The highest BCUT2D eigenvalue weighted by Gasteiger charge is 2.26. The minimum atomic E-state index is 0.245. The SMILES string of the molecule is CCNC(c1cnc(C)s1)C(C)(C)C. The van der Waals surface area contributed by atoms with Gasteiger partial charge in [0.2, 0.25) is 0 Å². The van der Waals surface area contributed by atoms with Crippen LogP contribution in [0.25, 0.3) is 0 Å². The lowest BCUT2D eigenvalue weighted by Crippen LogP contribution is -2.31. The maximum absolute atomic E-state index is 4.31. The lowest BCUT2D eigenvalue weighted by Gasteiger charge is -2.30.